The molecule has 0 saturated carbocycles. The lowest BCUT2D eigenvalue weighted by atomic mass is 9.99. The summed E-state index contributed by atoms with van der Waals surface area (Å²) in [7, 11) is 1.98. The van der Waals surface area contributed by atoms with Crippen molar-refractivity contribution in [3.8, 4) is 0 Å². The van der Waals surface area contributed by atoms with Crippen molar-refractivity contribution >= 4 is 23.1 Å². The predicted octanol–water partition coefficient (Wildman–Crippen LogP) is 4.60. The smallest absolute Gasteiger partial charge is 0.129 e. The van der Waals surface area contributed by atoms with E-state index in [9.17, 15) is 4.39 Å². The summed E-state index contributed by atoms with van der Waals surface area (Å²) < 4.78 is 13.8. The highest BCUT2D eigenvalue weighted by atomic mass is 32.2. The van der Waals surface area contributed by atoms with Gasteiger partial charge >= 0.3 is 0 Å². The number of fused-ring (bicyclic) bond motifs is 1. The van der Waals surface area contributed by atoms with Gasteiger partial charge in [0.1, 0.15) is 5.82 Å². The molecule has 21 heavy (non-hydrogen) atoms. The molecular formula is C17H20FNS2. The average molecular weight is 321 g/mol. The van der Waals surface area contributed by atoms with Gasteiger partial charge in [-0.25, -0.2) is 4.39 Å². The van der Waals surface area contributed by atoms with Gasteiger partial charge in [0.05, 0.1) is 6.04 Å². The van der Waals surface area contributed by atoms with Gasteiger partial charge in [-0.2, -0.15) is 11.8 Å². The van der Waals surface area contributed by atoms with Crippen LogP contribution >= 0.6 is 23.1 Å². The quantitative estimate of drug-likeness (QED) is 0.886. The lowest BCUT2D eigenvalue weighted by Gasteiger charge is -2.17. The summed E-state index contributed by atoms with van der Waals surface area (Å²) in [5.41, 5.74) is 4.09. The number of thiophene rings is 1. The number of nitrogens with one attached hydrogen (secondary N) is 1. The van der Waals surface area contributed by atoms with E-state index in [2.05, 4.69) is 11.4 Å². The zero-order valence-electron chi connectivity index (χ0n) is 12.6. The number of hydrogen-bond acceptors (Lipinski definition) is 3. The van der Waals surface area contributed by atoms with Crippen LogP contribution in [0.1, 0.15) is 38.0 Å². The summed E-state index contributed by atoms with van der Waals surface area (Å²) >= 11 is 3.92. The number of thioether (sulfide) groups is 1. The zero-order valence-corrected chi connectivity index (χ0v) is 14.3. The van der Waals surface area contributed by atoms with Crippen molar-refractivity contribution in [1.29, 1.82) is 0 Å². The second-order valence-corrected chi connectivity index (χ2v) is 7.86. The highest BCUT2D eigenvalue weighted by Crippen LogP contribution is 2.37. The molecule has 1 N–H and O–H groups in total. The lowest BCUT2D eigenvalue weighted by molar-refractivity contribution is 0.605. The minimum Gasteiger partial charge on any atom is -0.309 e. The van der Waals surface area contributed by atoms with Crippen molar-refractivity contribution in [3.63, 3.8) is 0 Å². The molecule has 0 saturated heterocycles. The van der Waals surface area contributed by atoms with Crippen LogP contribution in [0.15, 0.2) is 18.2 Å². The Balaban J connectivity index is 2.00. The molecule has 0 spiro atoms. The molecule has 1 atom stereocenters. The molecule has 1 nitrogen and oxygen atoms in total. The van der Waals surface area contributed by atoms with Gasteiger partial charge in [-0.3, -0.25) is 0 Å². The maximum atomic E-state index is 13.8. The molecule has 1 unspecified atom stereocenters. The first kappa shape index (κ1) is 15.1. The van der Waals surface area contributed by atoms with Crippen molar-refractivity contribution in [2.24, 2.45) is 0 Å². The van der Waals surface area contributed by atoms with E-state index < -0.39 is 0 Å². The standard InChI is InChI=1S/C17H20FNS2/c1-10-6-12(7-11(2)16(10)18)17(19-3)15-8-13-9-20-5-4-14(13)21-15/h6-8,17,19H,4-5,9H2,1-3H3. The van der Waals surface area contributed by atoms with Gasteiger partial charge in [-0.1, -0.05) is 12.1 Å². The van der Waals surface area contributed by atoms with E-state index in [1.807, 2.05) is 56.1 Å². The third kappa shape index (κ3) is 2.89. The average Bonchev–Trinajstić information content (AvgIpc) is 2.89. The maximum absolute atomic E-state index is 13.8. The lowest BCUT2D eigenvalue weighted by Crippen LogP contribution is -2.17. The molecule has 1 aliphatic heterocycles. The van der Waals surface area contributed by atoms with Gasteiger partial charge in [-0.15, -0.1) is 11.3 Å². The van der Waals surface area contributed by atoms with Crippen LogP contribution in [-0.2, 0) is 12.2 Å². The Hall–Kier alpha value is -0.840. The molecule has 112 valence electrons. The van der Waals surface area contributed by atoms with Crippen molar-refractivity contribution < 1.29 is 4.39 Å². The molecule has 0 amide bonds. The Bertz CT molecular complexity index is 616. The van der Waals surface area contributed by atoms with Gasteiger partial charge in [0.2, 0.25) is 0 Å². The number of rotatable bonds is 3. The molecular weight excluding hydrogens is 301 g/mol. The molecule has 0 radical (unpaired) electrons. The summed E-state index contributed by atoms with van der Waals surface area (Å²) in [5.74, 6) is 2.27. The number of aryl methyl sites for hydroxylation is 3. The van der Waals surface area contributed by atoms with Crippen molar-refractivity contribution in [2.75, 3.05) is 12.8 Å². The fraction of sp³-hybridized carbons (Fsp3) is 0.412. The Morgan fingerprint density at radius 3 is 2.52 bits per heavy atom. The molecule has 1 aliphatic rings. The van der Waals surface area contributed by atoms with Crippen LogP contribution in [0.25, 0.3) is 0 Å². The first-order chi connectivity index (χ1) is 10.1. The summed E-state index contributed by atoms with van der Waals surface area (Å²) in [6.07, 6.45) is 1.18. The van der Waals surface area contributed by atoms with Crippen LogP contribution in [0.3, 0.4) is 0 Å². The van der Waals surface area contributed by atoms with Crippen LogP contribution in [-0.4, -0.2) is 12.8 Å². The van der Waals surface area contributed by atoms with E-state index in [0.29, 0.717) is 0 Å². The minimum atomic E-state index is -0.0875. The topological polar surface area (TPSA) is 12.0 Å². The summed E-state index contributed by atoms with van der Waals surface area (Å²) in [6, 6.07) is 6.43. The normalized spacial score (nSPS) is 15.8. The van der Waals surface area contributed by atoms with Gasteiger partial charge < -0.3 is 5.32 Å². The second-order valence-electron chi connectivity index (χ2n) is 5.59. The molecule has 2 heterocycles. The third-order valence-electron chi connectivity index (χ3n) is 4.01. The van der Waals surface area contributed by atoms with E-state index in [4.69, 9.17) is 0 Å². The molecule has 1 aromatic carbocycles. The van der Waals surface area contributed by atoms with Crippen LogP contribution in [0.2, 0.25) is 0 Å². The Kier molecular flexibility index (Phi) is 4.38. The molecule has 0 bridgehead atoms. The summed E-state index contributed by atoms with van der Waals surface area (Å²) in [6.45, 7) is 3.68. The van der Waals surface area contributed by atoms with Gasteiger partial charge in [-0.05, 0) is 61.4 Å². The largest absolute Gasteiger partial charge is 0.309 e. The number of halogens is 1. The van der Waals surface area contributed by atoms with Gasteiger partial charge in [0.15, 0.2) is 0 Å². The summed E-state index contributed by atoms with van der Waals surface area (Å²) in [4.78, 5) is 2.87. The molecule has 0 fully saturated rings. The monoisotopic (exact) mass is 321 g/mol. The van der Waals surface area contributed by atoms with Crippen LogP contribution < -0.4 is 5.32 Å². The number of benzene rings is 1. The van der Waals surface area contributed by atoms with Crippen LogP contribution in [0.5, 0.6) is 0 Å². The van der Waals surface area contributed by atoms with E-state index >= 15 is 0 Å². The van der Waals surface area contributed by atoms with Crippen molar-refractivity contribution in [2.45, 2.75) is 32.1 Å². The van der Waals surface area contributed by atoms with E-state index in [1.165, 1.54) is 27.5 Å². The highest BCUT2D eigenvalue weighted by Gasteiger charge is 2.20. The highest BCUT2D eigenvalue weighted by molar-refractivity contribution is 7.98. The van der Waals surface area contributed by atoms with E-state index in [0.717, 1.165) is 22.4 Å². The Morgan fingerprint density at radius 2 is 1.90 bits per heavy atom. The fourth-order valence-electron chi connectivity index (χ4n) is 2.93. The Morgan fingerprint density at radius 1 is 1.19 bits per heavy atom. The zero-order chi connectivity index (χ0) is 15.0. The van der Waals surface area contributed by atoms with Gasteiger partial charge in [0.25, 0.3) is 0 Å². The molecule has 3 rings (SSSR count). The SMILES string of the molecule is CNC(c1cc(C)c(F)c(C)c1)c1cc2c(s1)CCSC2. The molecule has 1 aromatic heterocycles. The fourth-order valence-corrected chi connectivity index (χ4v) is 5.45. The maximum Gasteiger partial charge on any atom is 0.129 e. The van der Waals surface area contributed by atoms with E-state index in [-0.39, 0.29) is 11.9 Å². The van der Waals surface area contributed by atoms with Crippen LogP contribution in [0.4, 0.5) is 4.39 Å². The molecule has 0 aliphatic carbocycles. The third-order valence-corrected chi connectivity index (χ3v) is 6.32. The summed E-state index contributed by atoms with van der Waals surface area (Å²) in [5, 5.41) is 3.40. The van der Waals surface area contributed by atoms with Gasteiger partial charge in [0, 0.05) is 15.5 Å². The predicted molar refractivity (Wildman–Crippen MR) is 91.0 cm³/mol. The van der Waals surface area contributed by atoms with Crippen molar-refractivity contribution in [3.05, 3.63) is 56.0 Å². The number of hydrogen-bond donors (Lipinski definition) is 1. The van der Waals surface area contributed by atoms with E-state index in [1.54, 1.807) is 0 Å². The minimum absolute atomic E-state index is 0.0875. The van der Waals surface area contributed by atoms with Crippen LogP contribution in [0, 0.1) is 19.7 Å². The molecule has 4 heteroatoms. The Labute approximate surface area is 134 Å². The molecule has 2 aromatic rings. The first-order valence-electron chi connectivity index (χ1n) is 7.23. The second kappa shape index (κ2) is 6.11. The van der Waals surface area contributed by atoms with Crippen molar-refractivity contribution in [1.82, 2.24) is 5.32 Å². The first-order valence-corrected chi connectivity index (χ1v) is 9.20.